The van der Waals surface area contributed by atoms with E-state index < -0.39 is 0 Å². The number of nitrogens with two attached hydrogens (primary N) is 1. The summed E-state index contributed by atoms with van der Waals surface area (Å²) in [7, 11) is 0. The van der Waals surface area contributed by atoms with Gasteiger partial charge in [0.1, 0.15) is 0 Å². The van der Waals surface area contributed by atoms with E-state index in [0.29, 0.717) is 0 Å². The predicted molar refractivity (Wildman–Crippen MR) is 75.8 cm³/mol. The maximum absolute atomic E-state index is 5.68. The number of rotatable bonds is 4. The molecule has 0 aromatic carbocycles. The minimum atomic E-state index is 0.0262. The Labute approximate surface area is 115 Å². The first-order chi connectivity index (χ1) is 9.28. The Hall–Kier alpha value is -1.76. The van der Waals surface area contributed by atoms with E-state index >= 15 is 0 Å². The number of thiazole rings is 1. The Morgan fingerprint density at radius 2 is 2.42 bits per heavy atom. The largest absolute Gasteiger partial charge is 0.297 e. The summed E-state index contributed by atoms with van der Waals surface area (Å²) in [5.74, 6) is 5.68. The number of imidazole rings is 1. The van der Waals surface area contributed by atoms with Gasteiger partial charge in [0.05, 0.1) is 11.7 Å². The summed E-state index contributed by atoms with van der Waals surface area (Å²) in [6.45, 7) is 1.99. The Bertz CT molecular complexity index is 658. The average molecular weight is 273 g/mol. The quantitative estimate of drug-likeness (QED) is 0.562. The lowest BCUT2D eigenvalue weighted by Gasteiger charge is -2.16. The molecule has 0 aliphatic rings. The molecule has 3 rings (SSSR count). The summed E-state index contributed by atoms with van der Waals surface area (Å²) in [6.07, 6.45) is 6.59. The fraction of sp³-hybridized carbons (Fsp3) is 0.231. The normalized spacial score (nSPS) is 12.9. The van der Waals surface area contributed by atoms with Crippen LogP contribution in [0.3, 0.4) is 0 Å². The molecule has 1 unspecified atom stereocenters. The molecule has 0 radical (unpaired) electrons. The summed E-state index contributed by atoms with van der Waals surface area (Å²) >= 11 is 1.63. The Balaban J connectivity index is 1.87. The minimum absolute atomic E-state index is 0.0262. The number of nitrogens with one attached hydrogen (secondary N) is 1. The number of nitrogens with zero attached hydrogens (tertiary/aromatic N) is 3. The van der Waals surface area contributed by atoms with Crippen molar-refractivity contribution in [3.63, 3.8) is 0 Å². The topological polar surface area (TPSA) is 68.2 Å². The van der Waals surface area contributed by atoms with E-state index in [1.165, 1.54) is 0 Å². The van der Waals surface area contributed by atoms with Gasteiger partial charge in [0.2, 0.25) is 0 Å². The van der Waals surface area contributed by atoms with Crippen LogP contribution in [0.25, 0.3) is 4.96 Å². The van der Waals surface area contributed by atoms with Crippen molar-refractivity contribution in [2.24, 2.45) is 5.84 Å². The van der Waals surface area contributed by atoms with Gasteiger partial charge in [-0.2, -0.15) is 0 Å². The van der Waals surface area contributed by atoms with Crippen LogP contribution in [-0.4, -0.2) is 14.4 Å². The van der Waals surface area contributed by atoms with Gasteiger partial charge in [-0.1, -0.05) is 6.07 Å². The molecule has 19 heavy (non-hydrogen) atoms. The van der Waals surface area contributed by atoms with Crippen LogP contribution < -0.4 is 11.3 Å². The maximum Gasteiger partial charge on any atom is 0.193 e. The standard InChI is InChI=1S/C13H15N5S/c1-9-11(3-2-4-15-9)12(17-14)7-10-8-18-5-6-19-13(18)16-10/h2-6,8,12,17H,7,14H2,1H3. The van der Waals surface area contributed by atoms with E-state index in [1.54, 1.807) is 17.5 Å². The lowest BCUT2D eigenvalue weighted by Crippen LogP contribution is -2.30. The van der Waals surface area contributed by atoms with Crippen LogP contribution in [0.1, 0.15) is 23.0 Å². The second kappa shape index (κ2) is 5.08. The molecule has 1 atom stereocenters. The van der Waals surface area contributed by atoms with Crippen molar-refractivity contribution in [2.75, 3.05) is 0 Å². The highest BCUT2D eigenvalue weighted by molar-refractivity contribution is 7.15. The SMILES string of the molecule is Cc1ncccc1C(Cc1cn2ccsc2n1)NN. The van der Waals surface area contributed by atoms with Crippen LogP contribution in [0, 0.1) is 6.92 Å². The molecule has 0 bridgehead atoms. The molecule has 0 fully saturated rings. The van der Waals surface area contributed by atoms with Gasteiger partial charge >= 0.3 is 0 Å². The number of fused-ring (bicyclic) bond motifs is 1. The van der Waals surface area contributed by atoms with E-state index in [4.69, 9.17) is 5.84 Å². The summed E-state index contributed by atoms with van der Waals surface area (Å²) in [5, 5.41) is 2.02. The molecule has 3 N–H and O–H groups in total. The number of aryl methyl sites for hydroxylation is 1. The summed E-state index contributed by atoms with van der Waals surface area (Å²) in [6, 6.07) is 4.00. The third kappa shape index (κ3) is 2.37. The molecule has 98 valence electrons. The Morgan fingerprint density at radius 1 is 1.53 bits per heavy atom. The average Bonchev–Trinajstić information content (AvgIpc) is 2.97. The van der Waals surface area contributed by atoms with Crippen LogP contribution in [0.15, 0.2) is 36.1 Å². The van der Waals surface area contributed by atoms with Crippen molar-refractivity contribution in [3.8, 4) is 0 Å². The first-order valence-electron chi connectivity index (χ1n) is 6.06. The monoisotopic (exact) mass is 273 g/mol. The third-order valence-electron chi connectivity index (χ3n) is 3.18. The first-order valence-corrected chi connectivity index (χ1v) is 6.94. The molecule has 0 amide bonds. The van der Waals surface area contributed by atoms with Crippen LogP contribution in [0.2, 0.25) is 0 Å². The van der Waals surface area contributed by atoms with Gasteiger partial charge in [-0.05, 0) is 18.6 Å². The highest BCUT2D eigenvalue weighted by Crippen LogP contribution is 2.20. The van der Waals surface area contributed by atoms with E-state index in [-0.39, 0.29) is 6.04 Å². The predicted octanol–water partition coefficient (Wildman–Crippen LogP) is 1.85. The van der Waals surface area contributed by atoms with Crippen molar-refractivity contribution in [1.82, 2.24) is 19.8 Å². The lowest BCUT2D eigenvalue weighted by atomic mass is 10.0. The fourth-order valence-electron chi connectivity index (χ4n) is 2.21. The Kier molecular flexibility index (Phi) is 3.29. The molecule has 6 heteroatoms. The zero-order chi connectivity index (χ0) is 13.2. The molecule has 5 nitrogen and oxygen atoms in total. The molecule has 3 heterocycles. The minimum Gasteiger partial charge on any atom is -0.297 e. The summed E-state index contributed by atoms with van der Waals surface area (Å²) in [5.41, 5.74) is 5.99. The second-order valence-corrected chi connectivity index (χ2v) is 5.30. The van der Waals surface area contributed by atoms with Gasteiger partial charge in [0.15, 0.2) is 4.96 Å². The third-order valence-corrected chi connectivity index (χ3v) is 3.95. The molecular weight excluding hydrogens is 258 g/mol. The number of aromatic nitrogens is 3. The van der Waals surface area contributed by atoms with Crippen molar-refractivity contribution in [1.29, 1.82) is 0 Å². The van der Waals surface area contributed by atoms with E-state index in [2.05, 4.69) is 15.4 Å². The first kappa shape index (κ1) is 12.3. The van der Waals surface area contributed by atoms with E-state index in [0.717, 1.165) is 28.3 Å². The van der Waals surface area contributed by atoms with Gasteiger partial charge in [0.25, 0.3) is 0 Å². The molecule has 0 aliphatic carbocycles. The lowest BCUT2D eigenvalue weighted by molar-refractivity contribution is 0.542. The van der Waals surface area contributed by atoms with Crippen molar-refractivity contribution in [3.05, 3.63) is 53.1 Å². The molecule has 0 aliphatic heterocycles. The summed E-state index contributed by atoms with van der Waals surface area (Å²) in [4.78, 5) is 9.89. The molecule has 0 saturated carbocycles. The zero-order valence-electron chi connectivity index (χ0n) is 10.6. The van der Waals surface area contributed by atoms with Crippen molar-refractivity contribution in [2.45, 2.75) is 19.4 Å². The van der Waals surface area contributed by atoms with Gasteiger partial charge in [-0.15, -0.1) is 11.3 Å². The van der Waals surface area contributed by atoms with E-state index in [1.807, 2.05) is 41.2 Å². The van der Waals surface area contributed by atoms with Gasteiger partial charge < -0.3 is 0 Å². The molecular formula is C13H15N5S. The van der Waals surface area contributed by atoms with Gasteiger partial charge in [0, 0.05) is 36.1 Å². The van der Waals surface area contributed by atoms with Gasteiger partial charge in [-0.3, -0.25) is 20.7 Å². The van der Waals surface area contributed by atoms with Crippen molar-refractivity contribution < 1.29 is 0 Å². The number of pyridine rings is 1. The number of hydrogen-bond donors (Lipinski definition) is 2. The van der Waals surface area contributed by atoms with Crippen LogP contribution in [0.4, 0.5) is 0 Å². The smallest absolute Gasteiger partial charge is 0.193 e. The molecule has 3 aromatic heterocycles. The van der Waals surface area contributed by atoms with E-state index in [9.17, 15) is 0 Å². The highest BCUT2D eigenvalue weighted by atomic mass is 32.1. The second-order valence-electron chi connectivity index (χ2n) is 4.43. The van der Waals surface area contributed by atoms with Crippen molar-refractivity contribution >= 4 is 16.3 Å². The zero-order valence-corrected chi connectivity index (χ0v) is 11.4. The number of hydrazine groups is 1. The molecule has 3 aromatic rings. The Morgan fingerprint density at radius 3 is 3.16 bits per heavy atom. The van der Waals surface area contributed by atoms with Gasteiger partial charge in [-0.25, -0.2) is 4.98 Å². The van der Waals surface area contributed by atoms with Crippen LogP contribution >= 0.6 is 11.3 Å². The van der Waals surface area contributed by atoms with Crippen LogP contribution in [0.5, 0.6) is 0 Å². The maximum atomic E-state index is 5.68. The fourth-order valence-corrected chi connectivity index (χ4v) is 2.93. The molecule has 0 spiro atoms. The van der Waals surface area contributed by atoms with Crippen LogP contribution in [-0.2, 0) is 6.42 Å². The summed E-state index contributed by atoms with van der Waals surface area (Å²) < 4.78 is 2.03. The number of hydrogen-bond acceptors (Lipinski definition) is 5. The highest BCUT2D eigenvalue weighted by Gasteiger charge is 2.15. The molecule has 0 saturated heterocycles.